The standard InChI is InChI=1S/C7H16N2O/c1-7(2,5-8-3)6(10)9-4/h8H,5H2,1-4H3,(H,9,10). The SMILES string of the molecule is CNCC(C)(C)C(=O)NC. The van der Waals surface area contributed by atoms with Crippen LogP contribution in [0.4, 0.5) is 0 Å². The Labute approximate surface area is 62.2 Å². The molecule has 0 atom stereocenters. The third-order valence-electron chi connectivity index (χ3n) is 1.46. The van der Waals surface area contributed by atoms with Crippen molar-refractivity contribution in [1.82, 2.24) is 10.6 Å². The van der Waals surface area contributed by atoms with Crippen LogP contribution in [0.2, 0.25) is 0 Å². The zero-order valence-corrected chi connectivity index (χ0v) is 7.12. The first-order valence-electron chi connectivity index (χ1n) is 3.41. The predicted octanol–water partition coefficient (Wildman–Crippen LogP) is -0.0220. The smallest absolute Gasteiger partial charge is 0.226 e. The summed E-state index contributed by atoms with van der Waals surface area (Å²) in [6, 6.07) is 0. The summed E-state index contributed by atoms with van der Waals surface area (Å²) in [5.41, 5.74) is -0.302. The zero-order chi connectivity index (χ0) is 8.20. The Hall–Kier alpha value is -0.570. The van der Waals surface area contributed by atoms with E-state index in [-0.39, 0.29) is 11.3 Å². The number of nitrogens with one attached hydrogen (secondary N) is 2. The predicted molar refractivity (Wildman–Crippen MR) is 41.8 cm³/mol. The van der Waals surface area contributed by atoms with Crippen LogP contribution in [0, 0.1) is 5.41 Å². The molecule has 60 valence electrons. The Morgan fingerprint density at radius 3 is 2.20 bits per heavy atom. The van der Waals surface area contributed by atoms with E-state index in [2.05, 4.69) is 10.6 Å². The molecule has 0 heterocycles. The van der Waals surface area contributed by atoms with Crippen molar-refractivity contribution in [2.75, 3.05) is 20.6 Å². The highest BCUT2D eigenvalue weighted by molar-refractivity contribution is 5.81. The van der Waals surface area contributed by atoms with Gasteiger partial charge in [0.05, 0.1) is 5.41 Å². The summed E-state index contributed by atoms with van der Waals surface area (Å²) in [4.78, 5) is 11.1. The third kappa shape index (κ3) is 2.35. The molecule has 0 aromatic heterocycles. The van der Waals surface area contributed by atoms with E-state index in [4.69, 9.17) is 0 Å². The van der Waals surface area contributed by atoms with Crippen molar-refractivity contribution in [3.05, 3.63) is 0 Å². The molecule has 0 bridgehead atoms. The molecular weight excluding hydrogens is 128 g/mol. The maximum absolute atomic E-state index is 11.1. The van der Waals surface area contributed by atoms with Gasteiger partial charge in [-0.1, -0.05) is 0 Å². The van der Waals surface area contributed by atoms with Crippen LogP contribution in [0.3, 0.4) is 0 Å². The maximum atomic E-state index is 11.1. The molecule has 0 radical (unpaired) electrons. The summed E-state index contributed by atoms with van der Waals surface area (Å²) in [7, 11) is 3.49. The molecule has 10 heavy (non-hydrogen) atoms. The van der Waals surface area contributed by atoms with Gasteiger partial charge in [-0.3, -0.25) is 4.79 Å². The van der Waals surface area contributed by atoms with Crippen LogP contribution in [-0.2, 0) is 4.79 Å². The van der Waals surface area contributed by atoms with Crippen LogP contribution in [-0.4, -0.2) is 26.5 Å². The van der Waals surface area contributed by atoms with E-state index in [0.29, 0.717) is 6.54 Å². The first kappa shape index (κ1) is 9.43. The lowest BCUT2D eigenvalue weighted by atomic mass is 9.92. The monoisotopic (exact) mass is 144 g/mol. The molecule has 0 aromatic carbocycles. The van der Waals surface area contributed by atoms with E-state index in [1.807, 2.05) is 20.9 Å². The van der Waals surface area contributed by atoms with Gasteiger partial charge in [0.2, 0.25) is 5.91 Å². The molecule has 0 spiro atoms. The average Bonchev–Trinajstić information content (AvgIpc) is 1.86. The van der Waals surface area contributed by atoms with Crippen LogP contribution in [0.15, 0.2) is 0 Å². The van der Waals surface area contributed by atoms with Gasteiger partial charge in [-0.25, -0.2) is 0 Å². The van der Waals surface area contributed by atoms with Gasteiger partial charge in [0.25, 0.3) is 0 Å². The van der Waals surface area contributed by atoms with Crippen LogP contribution in [0.1, 0.15) is 13.8 Å². The lowest BCUT2D eigenvalue weighted by molar-refractivity contribution is -0.128. The van der Waals surface area contributed by atoms with E-state index in [1.54, 1.807) is 7.05 Å². The second kappa shape index (κ2) is 3.56. The van der Waals surface area contributed by atoms with E-state index in [1.165, 1.54) is 0 Å². The summed E-state index contributed by atoms with van der Waals surface area (Å²) < 4.78 is 0. The van der Waals surface area contributed by atoms with Gasteiger partial charge in [-0.05, 0) is 20.9 Å². The van der Waals surface area contributed by atoms with Crippen LogP contribution < -0.4 is 10.6 Å². The molecule has 3 heteroatoms. The summed E-state index contributed by atoms with van der Waals surface area (Å²) in [5, 5.41) is 5.57. The van der Waals surface area contributed by atoms with Crippen molar-refractivity contribution in [3.8, 4) is 0 Å². The van der Waals surface area contributed by atoms with Crippen molar-refractivity contribution in [2.45, 2.75) is 13.8 Å². The fourth-order valence-electron chi connectivity index (χ4n) is 0.861. The summed E-state index contributed by atoms with van der Waals surface area (Å²) >= 11 is 0. The fourth-order valence-corrected chi connectivity index (χ4v) is 0.861. The van der Waals surface area contributed by atoms with Gasteiger partial charge in [-0.2, -0.15) is 0 Å². The van der Waals surface area contributed by atoms with Gasteiger partial charge in [0.1, 0.15) is 0 Å². The van der Waals surface area contributed by atoms with Gasteiger partial charge < -0.3 is 10.6 Å². The Morgan fingerprint density at radius 1 is 1.40 bits per heavy atom. The Balaban J connectivity index is 3.96. The van der Waals surface area contributed by atoms with Crippen molar-refractivity contribution in [2.24, 2.45) is 5.41 Å². The third-order valence-corrected chi connectivity index (χ3v) is 1.46. The minimum atomic E-state index is -0.302. The first-order valence-corrected chi connectivity index (χ1v) is 3.41. The molecule has 0 saturated heterocycles. The van der Waals surface area contributed by atoms with Gasteiger partial charge in [-0.15, -0.1) is 0 Å². The molecule has 0 aliphatic heterocycles. The molecule has 0 aliphatic rings. The Bertz CT molecular complexity index is 121. The number of carbonyl (C=O) groups excluding carboxylic acids is 1. The van der Waals surface area contributed by atoms with E-state index < -0.39 is 0 Å². The number of rotatable bonds is 3. The highest BCUT2D eigenvalue weighted by Gasteiger charge is 2.24. The largest absolute Gasteiger partial charge is 0.359 e. The number of hydrogen-bond donors (Lipinski definition) is 2. The fraction of sp³-hybridized carbons (Fsp3) is 0.857. The average molecular weight is 144 g/mol. The molecule has 1 amide bonds. The molecular formula is C7H16N2O. The van der Waals surface area contributed by atoms with Gasteiger partial charge >= 0.3 is 0 Å². The number of hydrogen-bond acceptors (Lipinski definition) is 2. The van der Waals surface area contributed by atoms with Crippen molar-refractivity contribution in [1.29, 1.82) is 0 Å². The summed E-state index contributed by atoms with van der Waals surface area (Å²) in [6.07, 6.45) is 0. The van der Waals surface area contributed by atoms with Gasteiger partial charge in [0, 0.05) is 13.6 Å². The molecule has 0 aliphatic carbocycles. The maximum Gasteiger partial charge on any atom is 0.226 e. The summed E-state index contributed by atoms with van der Waals surface area (Å²) in [5.74, 6) is 0.0712. The van der Waals surface area contributed by atoms with Crippen LogP contribution in [0.5, 0.6) is 0 Å². The zero-order valence-electron chi connectivity index (χ0n) is 7.12. The van der Waals surface area contributed by atoms with E-state index >= 15 is 0 Å². The summed E-state index contributed by atoms with van der Waals surface area (Å²) in [6.45, 7) is 4.51. The van der Waals surface area contributed by atoms with Crippen molar-refractivity contribution < 1.29 is 4.79 Å². The van der Waals surface area contributed by atoms with Crippen LogP contribution >= 0.6 is 0 Å². The minimum Gasteiger partial charge on any atom is -0.359 e. The lowest BCUT2D eigenvalue weighted by Crippen LogP contribution is -2.41. The highest BCUT2D eigenvalue weighted by Crippen LogP contribution is 2.12. The Kier molecular flexibility index (Phi) is 3.36. The van der Waals surface area contributed by atoms with Crippen molar-refractivity contribution >= 4 is 5.91 Å². The lowest BCUT2D eigenvalue weighted by Gasteiger charge is -2.21. The molecule has 0 rings (SSSR count). The molecule has 0 saturated carbocycles. The highest BCUT2D eigenvalue weighted by atomic mass is 16.2. The minimum absolute atomic E-state index is 0.0712. The van der Waals surface area contributed by atoms with Crippen molar-refractivity contribution in [3.63, 3.8) is 0 Å². The second-order valence-corrected chi connectivity index (χ2v) is 2.99. The quantitative estimate of drug-likeness (QED) is 0.584. The van der Waals surface area contributed by atoms with Gasteiger partial charge in [0.15, 0.2) is 0 Å². The molecule has 3 nitrogen and oxygen atoms in total. The topological polar surface area (TPSA) is 41.1 Å². The van der Waals surface area contributed by atoms with E-state index in [0.717, 1.165) is 0 Å². The second-order valence-electron chi connectivity index (χ2n) is 2.99. The molecule has 0 aromatic rings. The number of amides is 1. The van der Waals surface area contributed by atoms with E-state index in [9.17, 15) is 4.79 Å². The molecule has 0 fully saturated rings. The van der Waals surface area contributed by atoms with Crippen LogP contribution in [0.25, 0.3) is 0 Å². The molecule has 2 N–H and O–H groups in total. The molecule has 0 unspecified atom stereocenters. The normalized spacial score (nSPS) is 11.2. The first-order chi connectivity index (χ1) is 4.54. The number of carbonyl (C=O) groups is 1. The Morgan fingerprint density at radius 2 is 1.90 bits per heavy atom.